The SMILES string of the molecule is CC(C)N1CCC2(C1)OCN(C)C2=O. The summed E-state index contributed by atoms with van der Waals surface area (Å²) in [6.45, 7) is 6.49. The molecule has 4 nitrogen and oxygen atoms in total. The molecule has 14 heavy (non-hydrogen) atoms. The highest BCUT2D eigenvalue weighted by Crippen LogP contribution is 2.32. The minimum Gasteiger partial charge on any atom is -0.343 e. The summed E-state index contributed by atoms with van der Waals surface area (Å²) in [7, 11) is 1.80. The van der Waals surface area contributed by atoms with Crippen LogP contribution in [0.2, 0.25) is 0 Å². The van der Waals surface area contributed by atoms with Crippen LogP contribution in [0.5, 0.6) is 0 Å². The Kier molecular flexibility index (Phi) is 2.27. The van der Waals surface area contributed by atoms with E-state index in [0.29, 0.717) is 12.8 Å². The predicted molar refractivity (Wildman–Crippen MR) is 52.8 cm³/mol. The van der Waals surface area contributed by atoms with E-state index in [1.165, 1.54) is 0 Å². The summed E-state index contributed by atoms with van der Waals surface area (Å²) in [5, 5.41) is 0. The first-order chi connectivity index (χ1) is 6.55. The van der Waals surface area contributed by atoms with Crippen molar-refractivity contribution in [2.75, 3.05) is 26.9 Å². The number of amides is 1. The number of ether oxygens (including phenoxy) is 1. The van der Waals surface area contributed by atoms with Gasteiger partial charge in [0.1, 0.15) is 6.73 Å². The summed E-state index contributed by atoms with van der Waals surface area (Å²) in [6, 6.07) is 0.497. The second-order valence-electron chi connectivity index (χ2n) is 4.59. The molecule has 0 aromatic heterocycles. The zero-order chi connectivity index (χ0) is 10.3. The van der Waals surface area contributed by atoms with Gasteiger partial charge in [0.25, 0.3) is 5.91 Å². The van der Waals surface area contributed by atoms with E-state index in [1.54, 1.807) is 11.9 Å². The van der Waals surface area contributed by atoms with E-state index in [2.05, 4.69) is 18.7 Å². The number of nitrogens with zero attached hydrogens (tertiary/aromatic N) is 2. The van der Waals surface area contributed by atoms with Gasteiger partial charge in [-0.2, -0.15) is 0 Å². The van der Waals surface area contributed by atoms with Crippen LogP contribution < -0.4 is 0 Å². The number of likely N-dealkylation sites (N-methyl/N-ethyl adjacent to an activating group) is 1. The maximum atomic E-state index is 11.9. The van der Waals surface area contributed by atoms with Crippen molar-refractivity contribution in [2.24, 2.45) is 0 Å². The topological polar surface area (TPSA) is 32.8 Å². The standard InChI is InChI=1S/C10H18N2O2/c1-8(2)12-5-4-10(6-12)9(13)11(3)7-14-10/h8H,4-7H2,1-3H3. The Bertz CT molecular complexity index is 255. The number of hydrogen-bond donors (Lipinski definition) is 0. The lowest BCUT2D eigenvalue weighted by molar-refractivity contribution is -0.135. The van der Waals surface area contributed by atoms with Gasteiger partial charge in [-0.05, 0) is 20.3 Å². The lowest BCUT2D eigenvalue weighted by Crippen LogP contribution is -2.43. The number of hydrogen-bond acceptors (Lipinski definition) is 3. The van der Waals surface area contributed by atoms with Crippen molar-refractivity contribution in [3.8, 4) is 0 Å². The highest BCUT2D eigenvalue weighted by molar-refractivity contribution is 5.87. The summed E-state index contributed by atoms with van der Waals surface area (Å²) >= 11 is 0. The molecule has 2 heterocycles. The molecule has 2 aliphatic rings. The molecule has 1 spiro atoms. The summed E-state index contributed by atoms with van der Waals surface area (Å²) in [5.74, 6) is 0.153. The average Bonchev–Trinajstić information content (AvgIpc) is 2.68. The van der Waals surface area contributed by atoms with Crippen molar-refractivity contribution < 1.29 is 9.53 Å². The van der Waals surface area contributed by atoms with Gasteiger partial charge in [0, 0.05) is 26.2 Å². The van der Waals surface area contributed by atoms with Gasteiger partial charge >= 0.3 is 0 Å². The lowest BCUT2D eigenvalue weighted by atomic mass is 10.0. The van der Waals surface area contributed by atoms with Gasteiger partial charge in [0.15, 0.2) is 5.60 Å². The van der Waals surface area contributed by atoms with Crippen molar-refractivity contribution in [2.45, 2.75) is 31.9 Å². The highest BCUT2D eigenvalue weighted by Gasteiger charge is 2.51. The Balaban J connectivity index is 2.10. The Morgan fingerprint density at radius 3 is 2.64 bits per heavy atom. The van der Waals surface area contributed by atoms with E-state index in [4.69, 9.17) is 4.74 Å². The zero-order valence-electron chi connectivity index (χ0n) is 9.12. The van der Waals surface area contributed by atoms with Crippen LogP contribution in [0, 0.1) is 0 Å². The smallest absolute Gasteiger partial charge is 0.257 e. The van der Waals surface area contributed by atoms with Crippen molar-refractivity contribution in [1.29, 1.82) is 0 Å². The van der Waals surface area contributed by atoms with Crippen LogP contribution in [0.15, 0.2) is 0 Å². The molecule has 80 valence electrons. The molecule has 1 unspecified atom stereocenters. The molecule has 2 rings (SSSR count). The second-order valence-corrected chi connectivity index (χ2v) is 4.59. The number of likely N-dealkylation sites (tertiary alicyclic amines) is 1. The van der Waals surface area contributed by atoms with Gasteiger partial charge < -0.3 is 9.64 Å². The molecule has 2 saturated heterocycles. The van der Waals surface area contributed by atoms with E-state index in [0.717, 1.165) is 19.5 Å². The molecule has 0 aromatic carbocycles. The molecule has 0 aromatic rings. The molecule has 1 atom stereocenters. The second kappa shape index (κ2) is 3.21. The summed E-state index contributed by atoms with van der Waals surface area (Å²) in [6.07, 6.45) is 0.842. The molecule has 2 fully saturated rings. The van der Waals surface area contributed by atoms with Crippen LogP contribution in [-0.2, 0) is 9.53 Å². The molecular weight excluding hydrogens is 180 g/mol. The van der Waals surface area contributed by atoms with Crippen molar-refractivity contribution in [3.63, 3.8) is 0 Å². The Morgan fingerprint density at radius 2 is 2.21 bits per heavy atom. The predicted octanol–water partition coefficient (Wildman–Crippen LogP) is 0.285. The van der Waals surface area contributed by atoms with Gasteiger partial charge in [-0.15, -0.1) is 0 Å². The Labute approximate surface area is 84.8 Å². The van der Waals surface area contributed by atoms with Crippen molar-refractivity contribution in [3.05, 3.63) is 0 Å². The minimum atomic E-state index is -0.515. The van der Waals surface area contributed by atoms with Crippen molar-refractivity contribution in [1.82, 2.24) is 9.80 Å². The third-order valence-corrected chi connectivity index (χ3v) is 3.26. The average molecular weight is 198 g/mol. The van der Waals surface area contributed by atoms with Crippen LogP contribution in [0.4, 0.5) is 0 Å². The van der Waals surface area contributed by atoms with E-state index in [1.807, 2.05) is 0 Å². The van der Waals surface area contributed by atoms with Crippen LogP contribution >= 0.6 is 0 Å². The number of rotatable bonds is 1. The van der Waals surface area contributed by atoms with Crippen LogP contribution in [0.3, 0.4) is 0 Å². The first-order valence-corrected chi connectivity index (χ1v) is 5.19. The molecule has 0 bridgehead atoms. The van der Waals surface area contributed by atoms with Crippen LogP contribution in [0.1, 0.15) is 20.3 Å². The summed E-state index contributed by atoms with van der Waals surface area (Å²) in [5.41, 5.74) is -0.515. The normalized spacial score (nSPS) is 34.0. The van der Waals surface area contributed by atoms with E-state index in [9.17, 15) is 4.79 Å². The fraction of sp³-hybridized carbons (Fsp3) is 0.900. The Hall–Kier alpha value is -0.610. The maximum absolute atomic E-state index is 11.9. The summed E-state index contributed by atoms with van der Waals surface area (Å²) in [4.78, 5) is 15.8. The minimum absolute atomic E-state index is 0.153. The van der Waals surface area contributed by atoms with E-state index in [-0.39, 0.29) is 5.91 Å². The molecule has 0 N–H and O–H groups in total. The largest absolute Gasteiger partial charge is 0.343 e. The highest BCUT2D eigenvalue weighted by atomic mass is 16.5. The van der Waals surface area contributed by atoms with Gasteiger partial charge in [-0.1, -0.05) is 0 Å². The third-order valence-electron chi connectivity index (χ3n) is 3.26. The quantitative estimate of drug-likeness (QED) is 0.607. The molecule has 0 radical (unpaired) electrons. The molecule has 4 heteroatoms. The molecule has 0 aliphatic carbocycles. The van der Waals surface area contributed by atoms with Crippen LogP contribution in [-0.4, -0.2) is 54.2 Å². The van der Waals surface area contributed by atoms with Gasteiger partial charge in [0.2, 0.25) is 0 Å². The van der Waals surface area contributed by atoms with E-state index < -0.39 is 5.60 Å². The monoisotopic (exact) mass is 198 g/mol. The van der Waals surface area contributed by atoms with Gasteiger partial charge in [-0.25, -0.2) is 0 Å². The zero-order valence-corrected chi connectivity index (χ0v) is 9.12. The summed E-state index contributed by atoms with van der Waals surface area (Å²) < 4.78 is 5.64. The van der Waals surface area contributed by atoms with Gasteiger partial charge in [0.05, 0.1) is 0 Å². The third kappa shape index (κ3) is 1.33. The molecule has 0 saturated carbocycles. The Morgan fingerprint density at radius 1 is 1.50 bits per heavy atom. The van der Waals surface area contributed by atoms with E-state index >= 15 is 0 Å². The molecule has 2 aliphatic heterocycles. The van der Waals surface area contributed by atoms with Gasteiger partial charge in [-0.3, -0.25) is 9.69 Å². The molecule has 1 amide bonds. The fourth-order valence-electron chi connectivity index (χ4n) is 2.23. The fourth-order valence-corrected chi connectivity index (χ4v) is 2.23. The first kappa shape index (κ1) is 9.93. The number of carbonyl (C=O) groups is 1. The molecular formula is C10H18N2O2. The first-order valence-electron chi connectivity index (χ1n) is 5.19. The maximum Gasteiger partial charge on any atom is 0.257 e. The number of carbonyl (C=O) groups excluding carboxylic acids is 1. The lowest BCUT2D eigenvalue weighted by Gasteiger charge is -2.23. The van der Waals surface area contributed by atoms with Crippen molar-refractivity contribution >= 4 is 5.91 Å². The van der Waals surface area contributed by atoms with Crippen LogP contribution in [0.25, 0.3) is 0 Å².